The Balaban J connectivity index is 1.94. The van der Waals surface area contributed by atoms with Gasteiger partial charge in [0.1, 0.15) is 12.4 Å². The fourth-order valence-corrected chi connectivity index (χ4v) is 2.07. The van der Waals surface area contributed by atoms with Gasteiger partial charge in [-0.1, -0.05) is 12.0 Å². The predicted molar refractivity (Wildman–Crippen MR) is 81.6 cm³/mol. The van der Waals surface area contributed by atoms with Crippen LogP contribution < -0.4 is 10.1 Å². The molecule has 0 atom stereocenters. The van der Waals surface area contributed by atoms with Crippen LogP contribution in [0.5, 0.6) is 5.75 Å². The van der Waals surface area contributed by atoms with Crippen molar-refractivity contribution in [2.24, 2.45) is 0 Å². The highest BCUT2D eigenvalue weighted by molar-refractivity contribution is 7.90. The third kappa shape index (κ3) is 4.78. The molecule has 1 aromatic heterocycles. The SMILES string of the molecule is CCC(=O)NCCOc1ccc(-c2nnc(S(C)(=O)=O)o2)cc1. The Labute approximate surface area is 133 Å². The van der Waals surface area contributed by atoms with E-state index in [4.69, 9.17) is 9.15 Å². The largest absolute Gasteiger partial charge is 0.492 e. The Bertz CT molecular complexity index is 768. The van der Waals surface area contributed by atoms with E-state index < -0.39 is 15.1 Å². The van der Waals surface area contributed by atoms with Crippen molar-refractivity contribution in [3.63, 3.8) is 0 Å². The van der Waals surface area contributed by atoms with Gasteiger partial charge in [0.05, 0.1) is 6.54 Å². The van der Waals surface area contributed by atoms with Gasteiger partial charge in [0.2, 0.25) is 21.6 Å². The molecule has 0 aliphatic rings. The van der Waals surface area contributed by atoms with Gasteiger partial charge < -0.3 is 14.5 Å². The van der Waals surface area contributed by atoms with Gasteiger partial charge >= 0.3 is 5.22 Å². The summed E-state index contributed by atoms with van der Waals surface area (Å²) in [5.41, 5.74) is 0.582. The number of nitrogens with one attached hydrogen (secondary N) is 1. The highest BCUT2D eigenvalue weighted by Crippen LogP contribution is 2.22. The van der Waals surface area contributed by atoms with E-state index in [9.17, 15) is 13.2 Å². The van der Waals surface area contributed by atoms with E-state index in [1.165, 1.54) is 0 Å². The van der Waals surface area contributed by atoms with Crippen LogP contribution in [0.3, 0.4) is 0 Å². The Morgan fingerprint density at radius 1 is 1.26 bits per heavy atom. The summed E-state index contributed by atoms with van der Waals surface area (Å²) in [4.78, 5) is 11.1. The van der Waals surface area contributed by atoms with Crippen LogP contribution in [-0.4, -0.2) is 43.9 Å². The first kappa shape index (κ1) is 16.9. The first-order valence-corrected chi connectivity index (χ1v) is 8.83. The van der Waals surface area contributed by atoms with Crippen molar-refractivity contribution >= 4 is 15.7 Å². The third-order valence-electron chi connectivity index (χ3n) is 2.84. The van der Waals surface area contributed by atoms with Gasteiger partial charge in [-0.2, -0.15) is 0 Å². The standard InChI is InChI=1S/C14H17N3O5S/c1-3-12(18)15-8-9-21-11-6-4-10(5-7-11)13-16-17-14(22-13)23(2,19)20/h4-7H,3,8-9H2,1-2H3,(H,15,18). The average molecular weight is 339 g/mol. The summed E-state index contributed by atoms with van der Waals surface area (Å²) in [6.45, 7) is 2.56. The van der Waals surface area contributed by atoms with Gasteiger partial charge in [-0.3, -0.25) is 4.79 Å². The number of amides is 1. The molecule has 1 amide bonds. The van der Waals surface area contributed by atoms with Crippen LogP contribution in [0, 0.1) is 0 Å². The topological polar surface area (TPSA) is 111 Å². The second-order valence-corrected chi connectivity index (χ2v) is 6.62. The van der Waals surface area contributed by atoms with E-state index in [-0.39, 0.29) is 11.8 Å². The molecule has 0 spiro atoms. The number of aromatic nitrogens is 2. The van der Waals surface area contributed by atoms with Crippen LogP contribution in [-0.2, 0) is 14.6 Å². The molecule has 1 aromatic carbocycles. The highest BCUT2D eigenvalue weighted by Gasteiger charge is 2.17. The minimum absolute atomic E-state index is 0.0259. The van der Waals surface area contributed by atoms with E-state index in [0.29, 0.717) is 30.9 Å². The number of ether oxygens (including phenoxy) is 1. The van der Waals surface area contributed by atoms with Crippen LogP contribution in [0.4, 0.5) is 0 Å². The molecule has 0 radical (unpaired) electrons. The molecule has 0 fully saturated rings. The monoisotopic (exact) mass is 339 g/mol. The summed E-state index contributed by atoms with van der Waals surface area (Å²) >= 11 is 0. The van der Waals surface area contributed by atoms with Crippen molar-refractivity contribution in [1.82, 2.24) is 15.5 Å². The predicted octanol–water partition coefficient (Wildman–Crippen LogP) is 1.05. The molecular formula is C14H17N3O5S. The van der Waals surface area contributed by atoms with E-state index in [1.807, 2.05) is 0 Å². The molecule has 0 saturated carbocycles. The maximum Gasteiger partial charge on any atom is 0.335 e. The molecule has 0 bridgehead atoms. The quantitative estimate of drug-likeness (QED) is 0.750. The lowest BCUT2D eigenvalue weighted by Crippen LogP contribution is -2.27. The maximum atomic E-state index is 11.3. The molecule has 1 heterocycles. The van der Waals surface area contributed by atoms with E-state index in [0.717, 1.165) is 6.26 Å². The number of benzene rings is 1. The second-order valence-electron chi connectivity index (χ2n) is 4.72. The Morgan fingerprint density at radius 3 is 2.52 bits per heavy atom. The number of carbonyl (C=O) groups excluding carboxylic acids is 1. The molecule has 2 aromatic rings. The van der Waals surface area contributed by atoms with Crippen LogP contribution in [0.15, 0.2) is 33.9 Å². The minimum atomic E-state index is -3.52. The fraction of sp³-hybridized carbons (Fsp3) is 0.357. The van der Waals surface area contributed by atoms with Gasteiger partial charge in [0.25, 0.3) is 0 Å². The summed E-state index contributed by atoms with van der Waals surface area (Å²) in [5, 5.41) is 9.48. The summed E-state index contributed by atoms with van der Waals surface area (Å²) < 4.78 is 33.2. The molecule has 9 heteroatoms. The van der Waals surface area contributed by atoms with E-state index >= 15 is 0 Å². The normalized spacial score (nSPS) is 11.2. The zero-order valence-corrected chi connectivity index (χ0v) is 13.6. The number of carbonyl (C=O) groups is 1. The molecule has 124 valence electrons. The summed E-state index contributed by atoms with van der Waals surface area (Å²) in [6, 6.07) is 6.75. The van der Waals surface area contributed by atoms with Gasteiger partial charge in [0, 0.05) is 18.2 Å². The Hall–Kier alpha value is -2.42. The van der Waals surface area contributed by atoms with Crippen LogP contribution >= 0.6 is 0 Å². The Kier molecular flexibility index (Phi) is 5.32. The lowest BCUT2D eigenvalue weighted by atomic mass is 10.2. The molecule has 2 rings (SSSR count). The first-order valence-electron chi connectivity index (χ1n) is 6.93. The first-order chi connectivity index (χ1) is 10.9. The van der Waals surface area contributed by atoms with Gasteiger partial charge in [0.15, 0.2) is 0 Å². The molecule has 23 heavy (non-hydrogen) atoms. The number of nitrogens with zero attached hydrogens (tertiary/aromatic N) is 2. The average Bonchev–Trinajstić information content (AvgIpc) is 3.02. The van der Waals surface area contributed by atoms with Crippen LogP contribution in [0.2, 0.25) is 0 Å². The van der Waals surface area contributed by atoms with Gasteiger partial charge in [-0.05, 0) is 24.3 Å². The van der Waals surface area contributed by atoms with Gasteiger partial charge in [-0.15, -0.1) is 5.10 Å². The summed E-state index contributed by atoms with van der Waals surface area (Å²) in [5.74, 6) is 0.705. The molecular weight excluding hydrogens is 322 g/mol. The molecule has 0 aliphatic heterocycles. The van der Waals surface area contributed by atoms with Crippen molar-refractivity contribution in [2.75, 3.05) is 19.4 Å². The minimum Gasteiger partial charge on any atom is -0.492 e. The van der Waals surface area contributed by atoms with Crippen molar-refractivity contribution in [2.45, 2.75) is 18.6 Å². The van der Waals surface area contributed by atoms with Gasteiger partial charge in [-0.25, -0.2) is 8.42 Å². The molecule has 0 aliphatic carbocycles. The number of sulfone groups is 1. The lowest BCUT2D eigenvalue weighted by Gasteiger charge is -2.07. The van der Waals surface area contributed by atoms with Crippen molar-refractivity contribution in [3.8, 4) is 17.2 Å². The molecule has 0 unspecified atom stereocenters. The van der Waals surface area contributed by atoms with E-state index in [1.54, 1.807) is 31.2 Å². The van der Waals surface area contributed by atoms with Crippen molar-refractivity contribution < 1.29 is 22.4 Å². The van der Waals surface area contributed by atoms with Crippen LogP contribution in [0.25, 0.3) is 11.5 Å². The smallest absolute Gasteiger partial charge is 0.335 e. The zero-order chi connectivity index (χ0) is 16.9. The third-order valence-corrected chi connectivity index (χ3v) is 3.64. The number of hydrogen-bond donors (Lipinski definition) is 1. The summed E-state index contributed by atoms with van der Waals surface area (Å²) in [7, 11) is -3.52. The fourth-order valence-electron chi connectivity index (χ4n) is 1.65. The molecule has 8 nitrogen and oxygen atoms in total. The van der Waals surface area contributed by atoms with Crippen LogP contribution in [0.1, 0.15) is 13.3 Å². The number of hydrogen-bond acceptors (Lipinski definition) is 7. The van der Waals surface area contributed by atoms with E-state index in [2.05, 4.69) is 15.5 Å². The summed E-state index contributed by atoms with van der Waals surface area (Å²) in [6.07, 6.45) is 1.44. The van der Waals surface area contributed by atoms with Crippen molar-refractivity contribution in [3.05, 3.63) is 24.3 Å². The Morgan fingerprint density at radius 2 is 1.96 bits per heavy atom. The zero-order valence-electron chi connectivity index (χ0n) is 12.8. The number of rotatable bonds is 7. The lowest BCUT2D eigenvalue weighted by molar-refractivity contribution is -0.120. The molecule has 1 N–H and O–H groups in total. The second kappa shape index (κ2) is 7.23. The highest BCUT2D eigenvalue weighted by atomic mass is 32.2. The maximum absolute atomic E-state index is 11.3. The molecule has 0 saturated heterocycles. The van der Waals surface area contributed by atoms with Crippen molar-refractivity contribution in [1.29, 1.82) is 0 Å².